The molecule has 1 saturated carbocycles. The third kappa shape index (κ3) is 5.61. The molecule has 8 nitrogen and oxygen atoms in total. The van der Waals surface area contributed by atoms with Gasteiger partial charge in [0.2, 0.25) is 5.92 Å². The van der Waals surface area contributed by atoms with E-state index in [9.17, 15) is 26.7 Å². The summed E-state index contributed by atoms with van der Waals surface area (Å²) in [7, 11) is 1.69. The molecule has 44 heavy (non-hydrogen) atoms. The van der Waals surface area contributed by atoms with Crippen molar-refractivity contribution in [1.82, 2.24) is 24.0 Å². The molecule has 1 aliphatic carbocycles. The number of halogens is 5. The second kappa shape index (κ2) is 11.4. The van der Waals surface area contributed by atoms with Gasteiger partial charge in [0.15, 0.2) is 5.82 Å². The number of ether oxygens (including phenoxy) is 1. The van der Waals surface area contributed by atoms with Gasteiger partial charge < -0.3 is 14.2 Å². The fourth-order valence-corrected chi connectivity index (χ4v) is 7.36. The van der Waals surface area contributed by atoms with Gasteiger partial charge in [-0.05, 0) is 56.7 Å². The highest BCUT2D eigenvalue weighted by Gasteiger charge is 2.52. The molecule has 240 valence electrons. The van der Waals surface area contributed by atoms with Crippen molar-refractivity contribution in [2.45, 2.75) is 95.7 Å². The first kappa shape index (κ1) is 30.9. The molecule has 2 aromatic heterocycles. The van der Waals surface area contributed by atoms with Crippen LogP contribution in [0, 0.1) is 12.8 Å². The lowest BCUT2D eigenvalue weighted by atomic mass is 9.72. The maximum Gasteiger partial charge on any atom is 0.416 e. The van der Waals surface area contributed by atoms with Crippen LogP contribution in [0.15, 0.2) is 29.1 Å². The fraction of sp³-hybridized carbons (Fsp3) is 0.645. The number of hydrogen-bond acceptors (Lipinski definition) is 6. The van der Waals surface area contributed by atoms with E-state index in [-0.39, 0.29) is 36.9 Å². The van der Waals surface area contributed by atoms with Crippen LogP contribution >= 0.6 is 0 Å². The average Bonchev–Trinajstić information content (AvgIpc) is 3.58. The Morgan fingerprint density at radius 1 is 1.11 bits per heavy atom. The van der Waals surface area contributed by atoms with E-state index in [0.717, 1.165) is 30.8 Å². The molecule has 2 aliphatic heterocycles. The molecular weight excluding hydrogens is 583 g/mol. The van der Waals surface area contributed by atoms with Crippen molar-refractivity contribution in [3.63, 3.8) is 0 Å². The fourth-order valence-electron chi connectivity index (χ4n) is 7.36. The predicted octanol–water partition coefficient (Wildman–Crippen LogP) is 5.71. The average molecular weight is 623 g/mol. The van der Waals surface area contributed by atoms with Gasteiger partial charge in [-0.3, -0.25) is 9.47 Å². The summed E-state index contributed by atoms with van der Waals surface area (Å²) in [6.07, 6.45) is -2.44. The molecule has 3 aliphatic rings. The van der Waals surface area contributed by atoms with Crippen LogP contribution in [0.2, 0.25) is 0 Å². The van der Waals surface area contributed by atoms with E-state index >= 15 is 0 Å². The Morgan fingerprint density at radius 3 is 2.41 bits per heavy atom. The number of imidazole rings is 1. The number of alkyl halides is 5. The number of piperazine rings is 1. The molecule has 0 N–H and O–H groups in total. The summed E-state index contributed by atoms with van der Waals surface area (Å²) >= 11 is 0. The zero-order valence-electron chi connectivity index (χ0n) is 25.4. The van der Waals surface area contributed by atoms with Gasteiger partial charge >= 0.3 is 11.9 Å². The van der Waals surface area contributed by atoms with Gasteiger partial charge in [-0.15, -0.1) is 0 Å². The number of hydrogen-bond donors (Lipinski definition) is 0. The van der Waals surface area contributed by atoms with Crippen molar-refractivity contribution in [3.8, 4) is 0 Å². The molecule has 0 radical (unpaired) electrons. The molecule has 0 amide bonds. The predicted molar refractivity (Wildman–Crippen MR) is 156 cm³/mol. The minimum absolute atomic E-state index is 0.0470. The van der Waals surface area contributed by atoms with Gasteiger partial charge in [0.05, 0.1) is 18.2 Å². The molecule has 4 atom stereocenters. The first-order valence-electron chi connectivity index (χ1n) is 15.4. The summed E-state index contributed by atoms with van der Waals surface area (Å²) in [6, 6.07) is 4.18. The van der Waals surface area contributed by atoms with Crippen LogP contribution in [0.1, 0.15) is 68.9 Å². The lowest BCUT2D eigenvalue weighted by molar-refractivity contribution is -0.138. The van der Waals surface area contributed by atoms with Gasteiger partial charge in [-0.1, -0.05) is 19.1 Å². The molecule has 2 saturated heterocycles. The standard InChI is InChI=1S/C31H39F5N6O2/c1-5-23-16-40(27-25-28(39(4)29(43)38-27)41(19(3)37-25)17-24-7-6-12-44-24)18(2)15-42(23)26(21-13-30(32,33)14-21)20-8-10-22(11-9-20)31(34,35)36/h8-11,18,21,23-24,26H,5-7,12-17H2,1-4H3/t18-,23+,24-,26?/m0/s1. The van der Waals surface area contributed by atoms with Crippen LogP contribution in [0.3, 0.4) is 0 Å². The summed E-state index contributed by atoms with van der Waals surface area (Å²) < 4.78 is 77.6. The number of benzene rings is 1. The summed E-state index contributed by atoms with van der Waals surface area (Å²) in [5.41, 5.74) is 0.739. The van der Waals surface area contributed by atoms with Crippen LogP contribution in [0.4, 0.5) is 27.8 Å². The summed E-state index contributed by atoms with van der Waals surface area (Å²) in [4.78, 5) is 26.8. The molecule has 1 aromatic carbocycles. The molecule has 3 aromatic rings. The Balaban J connectivity index is 1.34. The lowest BCUT2D eigenvalue weighted by Crippen LogP contribution is -2.60. The lowest BCUT2D eigenvalue weighted by Gasteiger charge is -2.53. The van der Waals surface area contributed by atoms with Gasteiger partial charge in [-0.2, -0.15) is 18.2 Å². The molecule has 0 bridgehead atoms. The van der Waals surface area contributed by atoms with Crippen LogP contribution in [0.25, 0.3) is 11.2 Å². The smallest absolute Gasteiger partial charge is 0.376 e. The second-order valence-electron chi connectivity index (χ2n) is 12.7. The van der Waals surface area contributed by atoms with E-state index in [1.54, 1.807) is 7.05 Å². The van der Waals surface area contributed by atoms with Crippen molar-refractivity contribution in [2.24, 2.45) is 13.0 Å². The third-order valence-corrected chi connectivity index (χ3v) is 9.69. The van der Waals surface area contributed by atoms with Crippen LogP contribution in [0.5, 0.6) is 0 Å². The molecular formula is C31H39F5N6O2. The van der Waals surface area contributed by atoms with Crippen LogP contribution in [-0.4, -0.2) is 67.8 Å². The number of nitrogens with zero attached hydrogens (tertiary/aromatic N) is 6. The Kier molecular flexibility index (Phi) is 8.01. The van der Waals surface area contributed by atoms with Crippen molar-refractivity contribution in [3.05, 3.63) is 51.7 Å². The zero-order chi connectivity index (χ0) is 31.6. The van der Waals surface area contributed by atoms with E-state index in [1.807, 2.05) is 25.3 Å². The highest BCUT2D eigenvalue weighted by atomic mass is 19.4. The van der Waals surface area contributed by atoms with E-state index in [0.29, 0.717) is 55.2 Å². The number of anilines is 1. The van der Waals surface area contributed by atoms with Crippen molar-refractivity contribution < 1.29 is 26.7 Å². The Bertz CT molecular complexity index is 1550. The maximum absolute atomic E-state index is 14.1. The minimum Gasteiger partial charge on any atom is -0.376 e. The molecule has 6 rings (SSSR count). The van der Waals surface area contributed by atoms with Crippen molar-refractivity contribution in [1.29, 1.82) is 0 Å². The molecule has 1 unspecified atom stereocenters. The first-order valence-corrected chi connectivity index (χ1v) is 15.4. The van der Waals surface area contributed by atoms with Gasteiger partial charge in [0, 0.05) is 57.7 Å². The first-order chi connectivity index (χ1) is 20.8. The van der Waals surface area contributed by atoms with E-state index in [4.69, 9.17) is 9.72 Å². The van der Waals surface area contributed by atoms with Gasteiger partial charge in [0.25, 0.3) is 0 Å². The van der Waals surface area contributed by atoms with Gasteiger partial charge in [0.1, 0.15) is 17.0 Å². The second-order valence-corrected chi connectivity index (χ2v) is 12.7. The number of fused-ring (bicyclic) bond motifs is 1. The Hall–Kier alpha value is -3.06. The molecule has 4 heterocycles. The number of aryl methyl sites for hydroxylation is 2. The van der Waals surface area contributed by atoms with Crippen LogP contribution < -0.4 is 10.6 Å². The van der Waals surface area contributed by atoms with Gasteiger partial charge in [-0.25, -0.2) is 18.6 Å². The van der Waals surface area contributed by atoms with E-state index in [1.165, 1.54) is 16.7 Å². The summed E-state index contributed by atoms with van der Waals surface area (Å²) in [5, 5.41) is 0. The zero-order valence-corrected chi connectivity index (χ0v) is 25.4. The number of aromatic nitrogens is 4. The summed E-state index contributed by atoms with van der Waals surface area (Å²) in [5.74, 6) is -1.92. The van der Waals surface area contributed by atoms with Crippen molar-refractivity contribution in [2.75, 3.05) is 24.6 Å². The normalized spacial score (nSPS) is 25.5. The summed E-state index contributed by atoms with van der Waals surface area (Å²) in [6.45, 7) is 8.14. The van der Waals surface area contributed by atoms with Crippen molar-refractivity contribution >= 4 is 17.0 Å². The highest BCUT2D eigenvalue weighted by molar-refractivity contribution is 5.84. The molecule has 0 spiro atoms. The topological polar surface area (TPSA) is 68.4 Å². The quantitative estimate of drug-likeness (QED) is 0.315. The van der Waals surface area contributed by atoms with E-state index < -0.39 is 29.4 Å². The Labute approximate surface area is 252 Å². The molecule has 3 fully saturated rings. The molecule has 13 heteroatoms. The highest BCUT2D eigenvalue weighted by Crippen LogP contribution is 2.51. The SMILES string of the molecule is CC[C@@H]1CN(c2nc(=O)n(C)c3c2nc(C)n3C[C@@H]2CCCO2)[C@@H](C)CN1C(c1ccc(C(F)(F)F)cc1)C1CC(F)(F)C1. The maximum atomic E-state index is 14.1. The third-order valence-electron chi connectivity index (χ3n) is 9.69. The number of rotatable bonds is 7. The van der Waals surface area contributed by atoms with E-state index in [2.05, 4.69) is 14.8 Å². The largest absolute Gasteiger partial charge is 0.416 e. The van der Waals surface area contributed by atoms with Crippen LogP contribution in [-0.2, 0) is 24.5 Å². The monoisotopic (exact) mass is 622 g/mol. The Morgan fingerprint density at radius 2 is 1.82 bits per heavy atom. The minimum atomic E-state index is -4.48.